The molecular weight excluding hydrogens is 410 g/mol. The minimum absolute atomic E-state index is 0.00378. The number of hydrogen-bond donors (Lipinski definition) is 0. The third-order valence-electron chi connectivity index (χ3n) is 6.98. The van der Waals surface area contributed by atoms with E-state index in [1.807, 2.05) is 17.0 Å². The van der Waals surface area contributed by atoms with Gasteiger partial charge in [0.25, 0.3) is 5.91 Å². The zero-order valence-corrected chi connectivity index (χ0v) is 18.6. The highest BCUT2D eigenvalue weighted by atomic mass is 16.3. The number of carbonyl (C=O) groups is 1. The zero-order valence-electron chi connectivity index (χ0n) is 18.6. The second-order valence-electron chi connectivity index (χ2n) is 8.94. The number of amides is 1. The highest BCUT2D eigenvalue weighted by Gasteiger charge is 2.46. The summed E-state index contributed by atoms with van der Waals surface area (Å²) >= 11 is 0. The fourth-order valence-electron chi connectivity index (χ4n) is 5.13. The van der Waals surface area contributed by atoms with Crippen LogP contribution in [0.2, 0.25) is 0 Å². The molecule has 5 heteroatoms. The summed E-state index contributed by atoms with van der Waals surface area (Å²) in [6.07, 6.45) is 6.48. The molecule has 33 heavy (non-hydrogen) atoms. The van der Waals surface area contributed by atoms with E-state index in [1.165, 1.54) is 11.1 Å². The number of fused-ring (bicyclic) bond motifs is 2. The second kappa shape index (κ2) is 9.12. The molecule has 0 atom stereocenters. The monoisotopic (exact) mass is 437 g/mol. The average molecular weight is 438 g/mol. The van der Waals surface area contributed by atoms with Gasteiger partial charge >= 0.3 is 0 Å². The minimum Gasteiger partial charge on any atom is -0.307 e. The Morgan fingerprint density at radius 2 is 1.61 bits per heavy atom. The molecule has 0 N–H and O–H groups in total. The van der Waals surface area contributed by atoms with Gasteiger partial charge in [0.2, 0.25) is 0 Å². The van der Waals surface area contributed by atoms with Crippen molar-refractivity contribution in [2.45, 2.75) is 18.3 Å². The van der Waals surface area contributed by atoms with Gasteiger partial charge in [-0.05, 0) is 72.6 Å². The molecule has 0 radical (unpaired) electrons. The first kappa shape index (κ1) is 21.3. The molecule has 0 saturated carbocycles. The van der Waals surface area contributed by atoms with Crippen LogP contribution in [-0.2, 0) is 5.41 Å². The first-order valence-electron chi connectivity index (χ1n) is 11.5. The molecule has 1 saturated heterocycles. The van der Waals surface area contributed by atoms with Crippen molar-refractivity contribution in [3.05, 3.63) is 107 Å². The third kappa shape index (κ3) is 4.24. The van der Waals surface area contributed by atoms with E-state index < -0.39 is 0 Å². The van der Waals surface area contributed by atoms with Crippen LogP contribution >= 0.6 is 0 Å². The van der Waals surface area contributed by atoms with Crippen LogP contribution < -0.4 is 4.90 Å². The van der Waals surface area contributed by atoms with Crippen LogP contribution in [0.25, 0.3) is 6.08 Å². The van der Waals surface area contributed by atoms with E-state index in [0.717, 1.165) is 38.2 Å². The van der Waals surface area contributed by atoms with Gasteiger partial charge in [-0.1, -0.05) is 60.7 Å². The Morgan fingerprint density at radius 3 is 2.33 bits per heavy atom. The maximum absolute atomic E-state index is 13.4. The fourth-order valence-corrected chi connectivity index (χ4v) is 5.13. The van der Waals surface area contributed by atoms with Crippen LogP contribution in [0.15, 0.2) is 90.1 Å². The molecule has 5 rings (SSSR count). The molecule has 0 bridgehead atoms. The van der Waals surface area contributed by atoms with Crippen molar-refractivity contribution in [2.75, 3.05) is 31.1 Å². The van der Waals surface area contributed by atoms with E-state index in [2.05, 4.69) is 64.7 Å². The number of benzene rings is 3. The highest BCUT2D eigenvalue weighted by Crippen LogP contribution is 2.47. The smallest absolute Gasteiger partial charge is 0.258 e. The van der Waals surface area contributed by atoms with Crippen molar-refractivity contribution >= 4 is 23.4 Å². The lowest BCUT2D eigenvalue weighted by molar-refractivity contribution is 0.0978. The molecule has 5 nitrogen and oxygen atoms in total. The molecule has 0 unspecified atom stereocenters. The molecule has 1 spiro atoms. The largest absolute Gasteiger partial charge is 0.307 e. The number of carbonyl (C=O) groups excluding carboxylic acids is 1. The maximum Gasteiger partial charge on any atom is 0.258 e. The van der Waals surface area contributed by atoms with Crippen molar-refractivity contribution in [2.24, 2.45) is 5.18 Å². The van der Waals surface area contributed by atoms with Gasteiger partial charge in [-0.25, -0.2) is 0 Å². The lowest BCUT2D eigenvalue weighted by atomic mass is 9.74. The molecule has 2 aliphatic heterocycles. The molecule has 3 aromatic carbocycles. The third-order valence-corrected chi connectivity index (χ3v) is 6.98. The Labute approximate surface area is 194 Å². The predicted molar refractivity (Wildman–Crippen MR) is 133 cm³/mol. The summed E-state index contributed by atoms with van der Waals surface area (Å²) in [6.45, 7) is 3.66. The van der Waals surface area contributed by atoms with E-state index >= 15 is 0 Å². The van der Waals surface area contributed by atoms with E-state index in [1.54, 1.807) is 24.3 Å². The molecule has 2 heterocycles. The quantitative estimate of drug-likeness (QED) is 0.475. The lowest BCUT2D eigenvalue weighted by Gasteiger charge is -2.39. The van der Waals surface area contributed by atoms with Crippen molar-refractivity contribution < 1.29 is 4.79 Å². The summed E-state index contributed by atoms with van der Waals surface area (Å²) < 4.78 is 0. The highest BCUT2D eigenvalue weighted by molar-refractivity contribution is 6.07. The normalized spacial score (nSPS) is 17.4. The van der Waals surface area contributed by atoms with Crippen molar-refractivity contribution in [1.29, 1.82) is 0 Å². The lowest BCUT2D eigenvalue weighted by Crippen LogP contribution is -2.46. The SMILES string of the molecule is O=Nc1ccc(C(=O)N2CC3(CCN(C/C=C/c4ccccc4)CC3)c3ccccc32)cc1. The van der Waals surface area contributed by atoms with Crippen molar-refractivity contribution in [3.63, 3.8) is 0 Å². The summed E-state index contributed by atoms with van der Waals surface area (Å²) in [6, 6.07) is 25.3. The first-order chi connectivity index (χ1) is 16.2. The molecule has 1 fully saturated rings. The van der Waals surface area contributed by atoms with E-state index in [4.69, 9.17) is 0 Å². The molecule has 2 aliphatic rings. The number of nitrogens with zero attached hydrogens (tertiary/aromatic N) is 3. The molecule has 166 valence electrons. The summed E-state index contributed by atoms with van der Waals surface area (Å²) in [7, 11) is 0. The Bertz CT molecular complexity index is 1160. The van der Waals surface area contributed by atoms with Crippen LogP contribution in [0.4, 0.5) is 11.4 Å². The van der Waals surface area contributed by atoms with Gasteiger partial charge < -0.3 is 4.90 Å². The zero-order chi connectivity index (χ0) is 22.7. The van der Waals surface area contributed by atoms with E-state index in [-0.39, 0.29) is 11.3 Å². The van der Waals surface area contributed by atoms with Gasteiger partial charge in [-0.15, -0.1) is 4.91 Å². The van der Waals surface area contributed by atoms with Crippen molar-refractivity contribution in [3.8, 4) is 0 Å². The summed E-state index contributed by atoms with van der Waals surface area (Å²) in [4.78, 5) is 28.5. The Morgan fingerprint density at radius 1 is 0.909 bits per heavy atom. The average Bonchev–Trinajstić information content (AvgIpc) is 3.20. The van der Waals surface area contributed by atoms with Gasteiger partial charge in [0.15, 0.2) is 0 Å². The van der Waals surface area contributed by atoms with E-state index in [0.29, 0.717) is 17.8 Å². The Kier molecular flexibility index (Phi) is 5.88. The molecule has 3 aromatic rings. The van der Waals surface area contributed by atoms with Gasteiger partial charge in [0, 0.05) is 29.8 Å². The van der Waals surface area contributed by atoms with Crippen LogP contribution in [0.5, 0.6) is 0 Å². The second-order valence-corrected chi connectivity index (χ2v) is 8.94. The number of rotatable bonds is 5. The minimum atomic E-state index is -0.0231. The van der Waals surface area contributed by atoms with Crippen molar-refractivity contribution in [1.82, 2.24) is 4.90 Å². The standard InChI is InChI=1S/C28H27N3O2/c32-27(23-12-14-24(29-33)15-13-23)31-21-28(25-10-4-5-11-26(25)31)16-19-30(20-17-28)18-6-9-22-7-2-1-3-8-22/h1-15H,16-21H2/b9-6+. The number of piperidine rings is 1. The Hall–Kier alpha value is -3.57. The van der Waals surface area contributed by atoms with Gasteiger partial charge in [0.05, 0.1) is 0 Å². The van der Waals surface area contributed by atoms with Gasteiger partial charge in [0.1, 0.15) is 5.69 Å². The summed E-state index contributed by atoms with van der Waals surface area (Å²) in [5.74, 6) is -0.0231. The number of hydrogen-bond acceptors (Lipinski definition) is 4. The maximum atomic E-state index is 13.4. The summed E-state index contributed by atoms with van der Waals surface area (Å²) in [5, 5.41) is 2.93. The predicted octanol–water partition coefficient (Wildman–Crippen LogP) is 5.79. The number of para-hydroxylation sites is 1. The fraction of sp³-hybridized carbons (Fsp3) is 0.250. The summed E-state index contributed by atoms with van der Waals surface area (Å²) in [5.41, 5.74) is 4.43. The number of likely N-dealkylation sites (tertiary alicyclic amines) is 1. The van der Waals surface area contributed by atoms with Crippen LogP contribution in [-0.4, -0.2) is 37.0 Å². The number of anilines is 1. The van der Waals surface area contributed by atoms with Crippen LogP contribution in [0.3, 0.4) is 0 Å². The Balaban J connectivity index is 1.30. The first-order valence-corrected chi connectivity index (χ1v) is 11.5. The van der Waals surface area contributed by atoms with Crippen LogP contribution in [0, 0.1) is 4.91 Å². The van der Waals surface area contributed by atoms with E-state index in [9.17, 15) is 9.70 Å². The van der Waals surface area contributed by atoms with Gasteiger partial charge in [-0.2, -0.15) is 0 Å². The van der Waals surface area contributed by atoms with Gasteiger partial charge in [-0.3, -0.25) is 9.69 Å². The molecule has 0 aliphatic carbocycles. The topological polar surface area (TPSA) is 53.0 Å². The molecular formula is C28H27N3O2. The van der Waals surface area contributed by atoms with Crippen LogP contribution in [0.1, 0.15) is 34.3 Å². The number of nitroso groups, excluding NO2 is 1. The molecule has 0 aromatic heterocycles. The molecule has 1 amide bonds.